The molecule has 1 aromatic heterocycles. The molecule has 7 heteroatoms. The predicted molar refractivity (Wildman–Crippen MR) is 86.6 cm³/mol. The molecular weight excluding hydrogens is 319 g/mol. The molecule has 0 aliphatic rings. The number of benzene rings is 2. The third-order valence-corrected chi connectivity index (χ3v) is 3.43. The van der Waals surface area contributed by atoms with Crippen LogP contribution in [0, 0.1) is 5.82 Å². The maximum absolute atomic E-state index is 13.6. The van der Waals surface area contributed by atoms with Gasteiger partial charge >= 0.3 is 0 Å². The Labute approximate surface area is 136 Å². The number of aromatic nitrogens is 3. The number of rotatable bonds is 4. The topological polar surface area (TPSA) is 70.7 Å². The van der Waals surface area contributed by atoms with Gasteiger partial charge in [0.2, 0.25) is 5.95 Å². The summed E-state index contributed by atoms with van der Waals surface area (Å²) in [6.07, 6.45) is 0.333. The summed E-state index contributed by atoms with van der Waals surface area (Å²) in [5, 5.41) is 11.1. The lowest BCUT2D eigenvalue weighted by atomic mass is 10.1. The molecule has 116 valence electrons. The summed E-state index contributed by atoms with van der Waals surface area (Å²) in [6, 6.07) is 13.2. The molecule has 0 amide bonds. The van der Waals surface area contributed by atoms with E-state index in [0.717, 1.165) is 5.56 Å². The lowest BCUT2D eigenvalue weighted by molar-refractivity contribution is 0.631. The highest BCUT2D eigenvalue weighted by molar-refractivity contribution is 6.30. The summed E-state index contributed by atoms with van der Waals surface area (Å²) in [5.41, 5.74) is 0.993. The van der Waals surface area contributed by atoms with Crippen molar-refractivity contribution in [2.24, 2.45) is 0 Å². The van der Waals surface area contributed by atoms with E-state index >= 15 is 0 Å². The van der Waals surface area contributed by atoms with Crippen LogP contribution >= 0.6 is 11.6 Å². The first-order chi connectivity index (χ1) is 11.1. The predicted octanol–water partition coefficient (Wildman–Crippen LogP) is 3.29. The molecule has 0 unspecified atom stereocenters. The van der Waals surface area contributed by atoms with Crippen molar-refractivity contribution in [3.8, 4) is 0 Å². The van der Waals surface area contributed by atoms with Crippen molar-refractivity contribution in [2.45, 2.75) is 6.42 Å². The van der Waals surface area contributed by atoms with Crippen LogP contribution < -0.4 is 10.9 Å². The summed E-state index contributed by atoms with van der Waals surface area (Å²) < 4.78 is 13.6. The Morgan fingerprint density at radius 3 is 2.52 bits per heavy atom. The molecule has 0 bridgehead atoms. The highest BCUT2D eigenvalue weighted by atomic mass is 35.5. The lowest BCUT2D eigenvalue weighted by Gasteiger charge is -2.06. The van der Waals surface area contributed by atoms with Crippen LogP contribution in [0.5, 0.6) is 0 Å². The summed E-state index contributed by atoms with van der Waals surface area (Å²) in [7, 11) is 0. The first-order valence-electron chi connectivity index (χ1n) is 6.84. The van der Waals surface area contributed by atoms with E-state index in [-0.39, 0.29) is 22.9 Å². The molecule has 0 spiro atoms. The molecule has 0 saturated heterocycles. The maximum atomic E-state index is 13.6. The van der Waals surface area contributed by atoms with Gasteiger partial charge in [0.15, 0.2) is 0 Å². The zero-order valence-corrected chi connectivity index (χ0v) is 12.6. The van der Waals surface area contributed by atoms with Crippen molar-refractivity contribution in [2.75, 3.05) is 5.32 Å². The Morgan fingerprint density at radius 1 is 1.09 bits per heavy atom. The number of nitrogens with zero attached hydrogens (tertiary/aromatic N) is 2. The van der Waals surface area contributed by atoms with Crippen LogP contribution in [0.15, 0.2) is 53.3 Å². The van der Waals surface area contributed by atoms with E-state index in [2.05, 4.69) is 20.5 Å². The molecule has 0 atom stereocenters. The van der Waals surface area contributed by atoms with Gasteiger partial charge in [-0.2, -0.15) is 0 Å². The molecule has 3 rings (SSSR count). The molecule has 0 aliphatic heterocycles. The highest BCUT2D eigenvalue weighted by Crippen LogP contribution is 2.16. The number of aromatic amines is 1. The number of H-pyrrole nitrogens is 1. The molecular formula is C16H12ClFN4O. The summed E-state index contributed by atoms with van der Waals surface area (Å²) in [6.45, 7) is 0. The van der Waals surface area contributed by atoms with E-state index in [0.29, 0.717) is 11.4 Å². The van der Waals surface area contributed by atoms with E-state index in [1.165, 1.54) is 12.1 Å². The SMILES string of the molecule is O=c1[nH]c(Nc2ccccc2F)nnc1Cc1ccc(Cl)cc1. The average Bonchev–Trinajstić information content (AvgIpc) is 2.54. The van der Waals surface area contributed by atoms with Crippen LogP contribution in [0.3, 0.4) is 0 Å². The normalized spacial score (nSPS) is 10.5. The van der Waals surface area contributed by atoms with Gasteiger partial charge in [0, 0.05) is 11.4 Å². The van der Waals surface area contributed by atoms with Gasteiger partial charge < -0.3 is 5.32 Å². The fourth-order valence-electron chi connectivity index (χ4n) is 2.02. The Hall–Kier alpha value is -2.73. The van der Waals surface area contributed by atoms with E-state index < -0.39 is 5.82 Å². The van der Waals surface area contributed by atoms with Gasteiger partial charge in [0.05, 0.1) is 5.69 Å². The molecule has 5 nitrogen and oxygen atoms in total. The molecule has 0 aliphatic carbocycles. The first-order valence-corrected chi connectivity index (χ1v) is 7.21. The molecule has 23 heavy (non-hydrogen) atoms. The van der Waals surface area contributed by atoms with Crippen LogP contribution in [0.4, 0.5) is 16.0 Å². The molecule has 3 aromatic rings. The van der Waals surface area contributed by atoms with Crippen molar-refractivity contribution in [1.82, 2.24) is 15.2 Å². The van der Waals surface area contributed by atoms with Crippen molar-refractivity contribution in [3.63, 3.8) is 0 Å². The van der Waals surface area contributed by atoms with E-state index in [1.54, 1.807) is 24.3 Å². The summed E-state index contributed by atoms with van der Waals surface area (Å²) >= 11 is 5.82. The van der Waals surface area contributed by atoms with Gasteiger partial charge in [-0.25, -0.2) is 4.39 Å². The quantitative estimate of drug-likeness (QED) is 0.770. The third kappa shape index (κ3) is 3.73. The Balaban J connectivity index is 1.79. The summed E-state index contributed by atoms with van der Waals surface area (Å²) in [4.78, 5) is 14.6. The van der Waals surface area contributed by atoms with E-state index in [9.17, 15) is 9.18 Å². The molecule has 0 fully saturated rings. The van der Waals surface area contributed by atoms with Crippen molar-refractivity contribution >= 4 is 23.2 Å². The van der Waals surface area contributed by atoms with Crippen molar-refractivity contribution in [3.05, 3.63) is 81.0 Å². The standard InChI is InChI=1S/C16H12ClFN4O/c17-11-7-5-10(6-8-11)9-14-15(23)20-16(22-21-14)19-13-4-2-1-3-12(13)18/h1-8H,9H2,(H2,19,20,22,23). The minimum Gasteiger partial charge on any atom is -0.322 e. The van der Waals surface area contributed by atoms with Crippen LogP contribution in [-0.2, 0) is 6.42 Å². The van der Waals surface area contributed by atoms with Crippen molar-refractivity contribution < 1.29 is 4.39 Å². The van der Waals surface area contributed by atoms with Gasteiger partial charge in [-0.15, -0.1) is 10.2 Å². The van der Waals surface area contributed by atoms with Crippen LogP contribution in [0.25, 0.3) is 0 Å². The lowest BCUT2D eigenvalue weighted by Crippen LogP contribution is -2.19. The van der Waals surface area contributed by atoms with Gasteiger partial charge in [0.1, 0.15) is 11.5 Å². The number of halogens is 2. The van der Waals surface area contributed by atoms with Crippen LogP contribution in [0.1, 0.15) is 11.3 Å². The zero-order valence-electron chi connectivity index (χ0n) is 11.9. The smallest absolute Gasteiger partial charge is 0.274 e. The number of anilines is 2. The largest absolute Gasteiger partial charge is 0.322 e. The second-order valence-corrected chi connectivity index (χ2v) is 5.29. The van der Waals surface area contributed by atoms with Crippen LogP contribution in [0.2, 0.25) is 5.02 Å². The Morgan fingerprint density at radius 2 is 1.83 bits per heavy atom. The maximum Gasteiger partial charge on any atom is 0.274 e. The van der Waals surface area contributed by atoms with Gasteiger partial charge in [-0.05, 0) is 29.8 Å². The number of nitrogens with one attached hydrogen (secondary N) is 2. The molecule has 0 radical (unpaired) electrons. The third-order valence-electron chi connectivity index (χ3n) is 3.18. The fraction of sp³-hybridized carbons (Fsp3) is 0.0625. The minimum absolute atomic E-state index is 0.0833. The first kappa shape index (κ1) is 15.2. The zero-order chi connectivity index (χ0) is 16.2. The fourth-order valence-corrected chi connectivity index (χ4v) is 2.14. The molecule has 1 heterocycles. The Bertz CT molecular complexity index is 880. The van der Waals surface area contributed by atoms with Crippen LogP contribution in [-0.4, -0.2) is 15.2 Å². The average molecular weight is 331 g/mol. The highest BCUT2D eigenvalue weighted by Gasteiger charge is 2.08. The number of hydrogen-bond donors (Lipinski definition) is 2. The van der Waals surface area contributed by atoms with Gasteiger partial charge in [-0.3, -0.25) is 9.78 Å². The van der Waals surface area contributed by atoms with Gasteiger partial charge in [-0.1, -0.05) is 35.9 Å². The number of hydrogen-bond acceptors (Lipinski definition) is 4. The van der Waals surface area contributed by atoms with Crippen molar-refractivity contribution in [1.29, 1.82) is 0 Å². The minimum atomic E-state index is -0.444. The molecule has 2 N–H and O–H groups in total. The van der Waals surface area contributed by atoms with E-state index in [4.69, 9.17) is 11.6 Å². The van der Waals surface area contributed by atoms with Gasteiger partial charge in [0.25, 0.3) is 5.56 Å². The summed E-state index contributed by atoms with van der Waals surface area (Å²) in [5.74, 6) is -0.361. The monoisotopic (exact) mass is 330 g/mol. The molecule has 0 saturated carbocycles. The second-order valence-electron chi connectivity index (χ2n) is 4.86. The van der Waals surface area contributed by atoms with E-state index in [1.807, 2.05) is 12.1 Å². The molecule has 2 aromatic carbocycles. The second kappa shape index (κ2) is 6.58. The Kier molecular flexibility index (Phi) is 4.34. The number of para-hydroxylation sites is 1.